The molecule has 1 aromatic rings. The monoisotopic (exact) mass is 267 g/mol. The standard InChI is InChI=1S/C13H21N3O3/c1-8-6-9(2)16(14-8)10(3)7-12(17)15(5)11(4)13(18)19/h6,10-11H,7H2,1-5H3,(H,18,19). The Morgan fingerprint density at radius 2 is 2.00 bits per heavy atom. The molecule has 0 fully saturated rings. The van der Waals surface area contributed by atoms with Crippen LogP contribution in [0.3, 0.4) is 0 Å². The smallest absolute Gasteiger partial charge is 0.326 e. The minimum Gasteiger partial charge on any atom is -0.480 e. The highest BCUT2D eigenvalue weighted by molar-refractivity contribution is 5.83. The van der Waals surface area contributed by atoms with Crippen LogP contribution in [0, 0.1) is 13.8 Å². The van der Waals surface area contributed by atoms with Crippen LogP contribution in [0.5, 0.6) is 0 Å². The van der Waals surface area contributed by atoms with E-state index in [9.17, 15) is 9.59 Å². The van der Waals surface area contributed by atoms with Gasteiger partial charge in [0.15, 0.2) is 0 Å². The summed E-state index contributed by atoms with van der Waals surface area (Å²) in [6, 6.07) is 1.04. The fraction of sp³-hybridized carbons (Fsp3) is 0.615. The highest BCUT2D eigenvalue weighted by Crippen LogP contribution is 2.15. The molecule has 2 unspecified atom stereocenters. The fourth-order valence-corrected chi connectivity index (χ4v) is 1.96. The van der Waals surface area contributed by atoms with Gasteiger partial charge in [-0.1, -0.05) is 0 Å². The number of hydrogen-bond acceptors (Lipinski definition) is 3. The number of carbonyl (C=O) groups is 2. The van der Waals surface area contributed by atoms with E-state index < -0.39 is 12.0 Å². The number of amides is 1. The number of aryl methyl sites for hydroxylation is 2. The molecule has 0 aliphatic heterocycles. The third kappa shape index (κ3) is 3.56. The molecule has 106 valence electrons. The Morgan fingerprint density at radius 1 is 1.42 bits per heavy atom. The number of carboxylic acids is 1. The summed E-state index contributed by atoms with van der Waals surface area (Å²) in [6.45, 7) is 7.23. The molecule has 19 heavy (non-hydrogen) atoms. The summed E-state index contributed by atoms with van der Waals surface area (Å²) in [5.41, 5.74) is 1.90. The number of rotatable bonds is 5. The van der Waals surface area contributed by atoms with Gasteiger partial charge in [0.25, 0.3) is 0 Å². The van der Waals surface area contributed by atoms with E-state index in [-0.39, 0.29) is 18.4 Å². The summed E-state index contributed by atoms with van der Waals surface area (Å²) in [7, 11) is 1.51. The van der Waals surface area contributed by atoms with E-state index in [1.807, 2.05) is 26.8 Å². The maximum absolute atomic E-state index is 12.0. The van der Waals surface area contributed by atoms with Gasteiger partial charge in [0.1, 0.15) is 6.04 Å². The van der Waals surface area contributed by atoms with Crippen molar-refractivity contribution in [2.75, 3.05) is 7.05 Å². The van der Waals surface area contributed by atoms with E-state index in [0.717, 1.165) is 11.4 Å². The van der Waals surface area contributed by atoms with Crippen LogP contribution in [-0.4, -0.2) is 44.8 Å². The minimum absolute atomic E-state index is 0.0929. The summed E-state index contributed by atoms with van der Waals surface area (Å²) in [4.78, 5) is 24.1. The summed E-state index contributed by atoms with van der Waals surface area (Å²) >= 11 is 0. The van der Waals surface area contributed by atoms with E-state index in [0.29, 0.717) is 0 Å². The second-order valence-electron chi connectivity index (χ2n) is 4.94. The first kappa shape index (κ1) is 15.2. The number of aliphatic carboxylic acids is 1. The van der Waals surface area contributed by atoms with Crippen LogP contribution >= 0.6 is 0 Å². The third-order valence-corrected chi connectivity index (χ3v) is 3.26. The lowest BCUT2D eigenvalue weighted by molar-refractivity contribution is -0.148. The number of hydrogen-bond donors (Lipinski definition) is 1. The zero-order valence-corrected chi connectivity index (χ0v) is 12.0. The van der Waals surface area contributed by atoms with E-state index in [1.165, 1.54) is 18.9 Å². The molecule has 6 heteroatoms. The lowest BCUT2D eigenvalue weighted by Crippen LogP contribution is -2.40. The summed E-state index contributed by atoms with van der Waals surface area (Å²) in [5.74, 6) is -1.20. The normalized spacial score (nSPS) is 13.9. The van der Waals surface area contributed by atoms with Gasteiger partial charge in [-0.05, 0) is 33.8 Å². The van der Waals surface area contributed by atoms with Crippen molar-refractivity contribution < 1.29 is 14.7 Å². The Hall–Kier alpha value is -1.85. The number of likely N-dealkylation sites (N-methyl/N-ethyl adjacent to an activating group) is 1. The van der Waals surface area contributed by atoms with Crippen molar-refractivity contribution in [2.24, 2.45) is 0 Å². The second kappa shape index (κ2) is 5.86. The first-order valence-electron chi connectivity index (χ1n) is 6.25. The van der Waals surface area contributed by atoms with Gasteiger partial charge in [0.2, 0.25) is 5.91 Å². The lowest BCUT2D eigenvalue weighted by atomic mass is 10.2. The topological polar surface area (TPSA) is 75.4 Å². The second-order valence-corrected chi connectivity index (χ2v) is 4.94. The molecule has 0 saturated carbocycles. The Bertz CT molecular complexity index is 481. The van der Waals surface area contributed by atoms with Gasteiger partial charge in [-0.25, -0.2) is 4.79 Å². The Morgan fingerprint density at radius 3 is 2.42 bits per heavy atom. The van der Waals surface area contributed by atoms with Crippen LogP contribution in [-0.2, 0) is 9.59 Å². The van der Waals surface area contributed by atoms with Crippen molar-refractivity contribution in [3.63, 3.8) is 0 Å². The maximum atomic E-state index is 12.0. The van der Waals surface area contributed by atoms with Crippen LogP contribution in [0.2, 0.25) is 0 Å². The van der Waals surface area contributed by atoms with Crippen LogP contribution in [0.15, 0.2) is 6.07 Å². The number of carboxylic acid groups (broad SMARTS) is 1. The third-order valence-electron chi connectivity index (χ3n) is 3.26. The molecule has 0 saturated heterocycles. The van der Waals surface area contributed by atoms with Crippen molar-refractivity contribution in [2.45, 2.75) is 46.2 Å². The zero-order chi connectivity index (χ0) is 14.7. The van der Waals surface area contributed by atoms with E-state index in [2.05, 4.69) is 5.10 Å². The molecule has 0 radical (unpaired) electrons. The Labute approximate surface area is 113 Å². The molecule has 1 rings (SSSR count). The van der Waals surface area contributed by atoms with Crippen molar-refractivity contribution in [1.29, 1.82) is 0 Å². The first-order valence-corrected chi connectivity index (χ1v) is 6.25. The molecule has 6 nitrogen and oxygen atoms in total. The highest BCUT2D eigenvalue weighted by Gasteiger charge is 2.23. The number of nitrogens with zero attached hydrogens (tertiary/aromatic N) is 3. The fourth-order valence-electron chi connectivity index (χ4n) is 1.96. The molecule has 1 heterocycles. The number of aromatic nitrogens is 2. The zero-order valence-electron chi connectivity index (χ0n) is 12.0. The van der Waals surface area contributed by atoms with Gasteiger partial charge in [0.05, 0.1) is 11.7 Å². The van der Waals surface area contributed by atoms with Crippen molar-refractivity contribution >= 4 is 11.9 Å². The predicted octanol–water partition coefficient (Wildman–Crippen LogP) is 1.38. The quantitative estimate of drug-likeness (QED) is 0.874. The average molecular weight is 267 g/mol. The Kier molecular flexibility index (Phi) is 4.69. The van der Waals surface area contributed by atoms with Crippen molar-refractivity contribution in [1.82, 2.24) is 14.7 Å². The van der Waals surface area contributed by atoms with Gasteiger partial charge in [-0.3, -0.25) is 9.48 Å². The molecule has 0 aliphatic carbocycles. The van der Waals surface area contributed by atoms with Crippen LogP contribution in [0.25, 0.3) is 0 Å². The van der Waals surface area contributed by atoms with Gasteiger partial charge >= 0.3 is 5.97 Å². The van der Waals surface area contributed by atoms with Crippen LogP contribution < -0.4 is 0 Å². The lowest BCUT2D eigenvalue weighted by Gasteiger charge is -2.23. The van der Waals surface area contributed by atoms with Gasteiger partial charge in [0, 0.05) is 19.2 Å². The maximum Gasteiger partial charge on any atom is 0.326 e. The van der Waals surface area contributed by atoms with Gasteiger partial charge < -0.3 is 10.0 Å². The molecular weight excluding hydrogens is 246 g/mol. The van der Waals surface area contributed by atoms with Gasteiger partial charge in [-0.2, -0.15) is 5.10 Å². The summed E-state index contributed by atoms with van der Waals surface area (Å²) in [5, 5.41) is 13.2. The van der Waals surface area contributed by atoms with Gasteiger partial charge in [-0.15, -0.1) is 0 Å². The molecule has 0 bridgehead atoms. The minimum atomic E-state index is -1.00. The molecule has 0 spiro atoms. The van der Waals surface area contributed by atoms with E-state index in [1.54, 1.807) is 4.68 Å². The average Bonchev–Trinajstić information content (AvgIpc) is 2.66. The van der Waals surface area contributed by atoms with E-state index in [4.69, 9.17) is 5.11 Å². The molecular formula is C13H21N3O3. The molecule has 0 aromatic carbocycles. The largest absolute Gasteiger partial charge is 0.480 e. The summed E-state index contributed by atoms with van der Waals surface area (Å²) in [6.07, 6.45) is 0.232. The van der Waals surface area contributed by atoms with Crippen molar-refractivity contribution in [3.05, 3.63) is 17.5 Å². The van der Waals surface area contributed by atoms with Crippen LogP contribution in [0.1, 0.15) is 37.7 Å². The molecule has 1 N–H and O–H groups in total. The molecule has 0 aliphatic rings. The highest BCUT2D eigenvalue weighted by atomic mass is 16.4. The van der Waals surface area contributed by atoms with E-state index >= 15 is 0 Å². The SMILES string of the molecule is Cc1cc(C)n(C(C)CC(=O)N(C)C(C)C(=O)O)n1. The molecule has 1 amide bonds. The first-order chi connectivity index (χ1) is 8.73. The molecule has 2 atom stereocenters. The van der Waals surface area contributed by atoms with Crippen molar-refractivity contribution in [3.8, 4) is 0 Å². The summed E-state index contributed by atoms with van der Waals surface area (Å²) < 4.78 is 1.80. The molecule has 1 aromatic heterocycles. The number of carbonyl (C=O) groups excluding carboxylic acids is 1. The Balaban J connectivity index is 2.72. The van der Waals surface area contributed by atoms with Crippen LogP contribution in [0.4, 0.5) is 0 Å². The predicted molar refractivity (Wildman–Crippen MR) is 70.9 cm³/mol.